The van der Waals surface area contributed by atoms with Crippen LogP contribution in [0.25, 0.3) is 22.1 Å². The van der Waals surface area contributed by atoms with Crippen molar-refractivity contribution in [2.24, 2.45) is 0 Å². The molecule has 0 radical (unpaired) electrons. The van der Waals surface area contributed by atoms with E-state index < -0.39 is 0 Å². The summed E-state index contributed by atoms with van der Waals surface area (Å²) in [5.74, 6) is 1.22. The van der Waals surface area contributed by atoms with Crippen molar-refractivity contribution in [3.05, 3.63) is 48.5 Å². The zero-order valence-electron chi connectivity index (χ0n) is 15.5. The second kappa shape index (κ2) is 7.70. The number of imidazole rings is 2. The van der Waals surface area contributed by atoms with E-state index in [1.165, 1.54) is 19.3 Å². The lowest BCUT2D eigenvalue weighted by atomic mass is 10.1. The Morgan fingerprint density at radius 2 is 1.00 bits per heavy atom. The van der Waals surface area contributed by atoms with Crippen LogP contribution in [0.4, 0.5) is 11.9 Å². The van der Waals surface area contributed by atoms with Gasteiger partial charge in [-0.25, -0.2) is 9.97 Å². The first-order valence-corrected chi connectivity index (χ1v) is 9.65. The van der Waals surface area contributed by atoms with Gasteiger partial charge in [0.25, 0.3) is 0 Å². The van der Waals surface area contributed by atoms with Crippen LogP contribution in [0.15, 0.2) is 48.5 Å². The van der Waals surface area contributed by atoms with Gasteiger partial charge in [0.1, 0.15) is 0 Å². The molecule has 0 spiro atoms. The standard InChI is InChI=1S/C21H26N6/c22-20-24-16-10-4-6-12-18(16)26(20)14-8-2-1-3-9-15-27-19-13-7-5-11-17(19)25-21(27)23/h4-7,10-13H,1-3,8-9,14-15H2,(H2,22,24)(H2,23,25). The molecule has 0 atom stereocenters. The number of nitrogen functional groups attached to an aromatic ring is 2. The third-order valence-electron chi connectivity index (χ3n) is 5.13. The average Bonchev–Trinajstić information content (AvgIpc) is 3.17. The van der Waals surface area contributed by atoms with E-state index in [0.717, 1.165) is 48.0 Å². The Bertz CT molecular complexity index is 961. The first-order valence-electron chi connectivity index (χ1n) is 9.65. The van der Waals surface area contributed by atoms with Crippen LogP contribution in [-0.2, 0) is 13.1 Å². The van der Waals surface area contributed by atoms with E-state index in [0.29, 0.717) is 11.9 Å². The summed E-state index contributed by atoms with van der Waals surface area (Å²) in [5.41, 5.74) is 16.3. The van der Waals surface area contributed by atoms with Crippen LogP contribution in [0, 0.1) is 0 Å². The number of anilines is 2. The van der Waals surface area contributed by atoms with E-state index in [4.69, 9.17) is 11.5 Å². The fourth-order valence-corrected chi connectivity index (χ4v) is 3.73. The van der Waals surface area contributed by atoms with Crippen LogP contribution in [-0.4, -0.2) is 19.1 Å². The maximum absolute atomic E-state index is 6.06. The van der Waals surface area contributed by atoms with Gasteiger partial charge < -0.3 is 20.6 Å². The fourth-order valence-electron chi connectivity index (χ4n) is 3.73. The predicted molar refractivity (Wildman–Crippen MR) is 111 cm³/mol. The van der Waals surface area contributed by atoms with E-state index in [-0.39, 0.29) is 0 Å². The Hall–Kier alpha value is -3.02. The Balaban J connectivity index is 1.23. The number of unbranched alkanes of at least 4 members (excludes halogenated alkanes) is 4. The predicted octanol–water partition coefficient (Wildman–Crippen LogP) is 4.20. The zero-order chi connectivity index (χ0) is 18.6. The molecule has 4 N–H and O–H groups in total. The highest BCUT2D eigenvalue weighted by molar-refractivity contribution is 5.78. The van der Waals surface area contributed by atoms with E-state index in [9.17, 15) is 0 Å². The van der Waals surface area contributed by atoms with Crippen LogP contribution < -0.4 is 11.5 Å². The maximum Gasteiger partial charge on any atom is 0.201 e. The van der Waals surface area contributed by atoms with Crippen molar-refractivity contribution in [3.8, 4) is 0 Å². The van der Waals surface area contributed by atoms with Gasteiger partial charge in [0.05, 0.1) is 22.1 Å². The van der Waals surface area contributed by atoms with E-state index in [2.05, 4.69) is 31.2 Å². The Morgan fingerprint density at radius 1 is 0.593 bits per heavy atom. The number of para-hydroxylation sites is 4. The molecule has 2 heterocycles. The number of hydrogen-bond acceptors (Lipinski definition) is 4. The van der Waals surface area contributed by atoms with Crippen molar-refractivity contribution in [1.29, 1.82) is 0 Å². The van der Waals surface area contributed by atoms with E-state index in [1.54, 1.807) is 0 Å². The highest BCUT2D eigenvalue weighted by Gasteiger charge is 2.08. The number of fused-ring (bicyclic) bond motifs is 2. The topological polar surface area (TPSA) is 87.7 Å². The smallest absolute Gasteiger partial charge is 0.201 e. The second-order valence-corrected chi connectivity index (χ2v) is 6.99. The normalized spacial score (nSPS) is 11.6. The van der Waals surface area contributed by atoms with Gasteiger partial charge in [0.15, 0.2) is 0 Å². The summed E-state index contributed by atoms with van der Waals surface area (Å²) in [6.45, 7) is 1.84. The van der Waals surface area contributed by atoms with Gasteiger partial charge in [-0.15, -0.1) is 0 Å². The second-order valence-electron chi connectivity index (χ2n) is 6.99. The minimum absolute atomic E-state index is 0.610. The van der Waals surface area contributed by atoms with Crippen molar-refractivity contribution in [3.63, 3.8) is 0 Å². The zero-order valence-corrected chi connectivity index (χ0v) is 15.5. The summed E-state index contributed by atoms with van der Waals surface area (Å²) in [4.78, 5) is 8.85. The van der Waals surface area contributed by atoms with Gasteiger partial charge in [-0.05, 0) is 37.1 Å². The lowest BCUT2D eigenvalue weighted by molar-refractivity contribution is 0.546. The minimum atomic E-state index is 0.610. The Kier molecular flexibility index (Phi) is 4.96. The molecule has 0 amide bonds. The first-order chi connectivity index (χ1) is 13.2. The quantitative estimate of drug-likeness (QED) is 0.460. The molecule has 6 nitrogen and oxygen atoms in total. The Labute approximate surface area is 158 Å². The third-order valence-corrected chi connectivity index (χ3v) is 5.13. The van der Waals surface area contributed by atoms with Gasteiger partial charge in [-0.3, -0.25) is 0 Å². The molecule has 4 aromatic rings. The molecular formula is C21H26N6. The lowest BCUT2D eigenvalue weighted by Gasteiger charge is -2.08. The number of benzene rings is 2. The van der Waals surface area contributed by atoms with Crippen LogP contribution >= 0.6 is 0 Å². The highest BCUT2D eigenvalue weighted by Crippen LogP contribution is 2.20. The molecule has 0 fully saturated rings. The maximum atomic E-state index is 6.06. The number of aromatic nitrogens is 4. The van der Waals surface area contributed by atoms with Gasteiger partial charge in [-0.2, -0.15) is 0 Å². The minimum Gasteiger partial charge on any atom is -0.369 e. The molecule has 0 aliphatic heterocycles. The largest absolute Gasteiger partial charge is 0.369 e. The van der Waals surface area contributed by atoms with Crippen molar-refractivity contribution < 1.29 is 0 Å². The van der Waals surface area contributed by atoms with Gasteiger partial charge in [-0.1, -0.05) is 43.5 Å². The van der Waals surface area contributed by atoms with Crippen molar-refractivity contribution >= 4 is 34.0 Å². The van der Waals surface area contributed by atoms with E-state index >= 15 is 0 Å². The van der Waals surface area contributed by atoms with Crippen LogP contribution in [0.3, 0.4) is 0 Å². The van der Waals surface area contributed by atoms with E-state index in [1.807, 2.05) is 36.4 Å². The number of rotatable bonds is 8. The number of nitrogens with zero attached hydrogens (tertiary/aromatic N) is 4. The molecule has 0 saturated carbocycles. The van der Waals surface area contributed by atoms with Gasteiger partial charge in [0.2, 0.25) is 11.9 Å². The van der Waals surface area contributed by atoms with Crippen molar-refractivity contribution in [1.82, 2.24) is 19.1 Å². The summed E-state index contributed by atoms with van der Waals surface area (Å²) in [6.07, 6.45) is 5.80. The summed E-state index contributed by atoms with van der Waals surface area (Å²) in [5, 5.41) is 0. The molecule has 0 unspecified atom stereocenters. The third kappa shape index (κ3) is 3.60. The van der Waals surface area contributed by atoms with Crippen LogP contribution in [0.5, 0.6) is 0 Å². The monoisotopic (exact) mass is 362 g/mol. The summed E-state index contributed by atoms with van der Waals surface area (Å²) in [6, 6.07) is 16.2. The highest BCUT2D eigenvalue weighted by atomic mass is 15.2. The lowest BCUT2D eigenvalue weighted by Crippen LogP contribution is -2.04. The number of aryl methyl sites for hydroxylation is 2. The molecule has 2 aromatic carbocycles. The molecule has 2 aromatic heterocycles. The molecular weight excluding hydrogens is 336 g/mol. The van der Waals surface area contributed by atoms with Gasteiger partial charge in [0, 0.05) is 13.1 Å². The van der Waals surface area contributed by atoms with Crippen LogP contribution in [0.1, 0.15) is 32.1 Å². The number of nitrogens with two attached hydrogens (primary N) is 2. The molecule has 140 valence electrons. The molecule has 6 heteroatoms. The molecule has 0 saturated heterocycles. The average molecular weight is 362 g/mol. The van der Waals surface area contributed by atoms with Crippen LogP contribution in [0.2, 0.25) is 0 Å². The van der Waals surface area contributed by atoms with Crippen molar-refractivity contribution in [2.45, 2.75) is 45.2 Å². The van der Waals surface area contributed by atoms with Crippen molar-refractivity contribution in [2.75, 3.05) is 11.5 Å². The molecule has 4 rings (SSSR count). The molecule has 0 bridgehead atoms. The summed E-state index contributed by atoms with van der Waals surface area (Å²) in [7, 11) is 0. The molecule has 0 aliphatic carbocycles. The van der Waals surface area contributed by atoms with Gasteiger partial charge >= 0.3 is 0 Å². The first kappa shape index (κ1) is 17.4. The fraction of sp³-hybridized carbons (Fsp3) is 0.333. The summed E-state index contributed by atoms with van der Waals surface area (Å²) < 4.78 is 4.24. The molecule has 27 heavy (non-hydrogen) atoms. The molecule has 0 aliphatic rings. The number of hydrogen-bond donors (Lipinski definition) is 2. The SMILES string of the molecule is Nc1nc2ccccc2n1CCCCCCCn1c(N)nc2ccccc21. The summed E-state index contributed by atoms with van der Waals surface area (Å²) >= 11 is 0. The Morgan fingerprint density at radius 3 is 1.48 bits per heavy atom.